The van der Waals surface area contributed by atoms with Crippen molar-refractivity contribution in [3.05, 3.63) is 49.1 Å². The van der Waals surface area contributed by atoms with Crippen LogP contribution in [0.25, 0.3) is 0 Å². The molecule has 2 heterocycles. The van der Waals surface area contributed by atoms with Gasteiger partial charge in [-0.05, 0) is 48.7 Å². The van der Waals surface area contributed by atoms with Gasteiger partial charge in [-0.1, -0.05) is 15.9 Å². The van der Waals surface area contributed by atoms with Gasteiger partial charge in [0, 0.05) is 27.1 Å². The number of fused-ring (bicyclic) bond motifs is 1. The molecule has 106 valence electrons. The quantitative estimate of drug-likeness (QED) is 0.890. The fourth-order valence-corrected chi connectivity index (χ4v) is 4.15. The zero-order valence-electron chi connectivity index (χ0n) is 11.6. The minimum absolute atomic E-state index is 0.463. The van der Waals surface area contributed by atoms with Crippen LogP contribution in [0.5, 0.6) is 5.75 Å². The van der Waals surface area contributed by atoms with Crippen molar-refractivity contribution in [3.8, 4) is 5.75 Å². The monoisotopic (exact) mass is 352 g/mol. The summed E-state index contributed by atoms with van der Waals surface area (Å²) in [5, 5.41) is 10.5. The SMILES string of the molecule is Cc1cc(C(O)Cc2cc(Br)cc3c2OCC3)sc1C. The molecule has 2 aromatic rings. The van der Waals surface area contributed by atoms with Crippen LogP contribution in [0.4, 0.5) is 0 Å². The molecule has 1 N–H and O–H groups in total. The number of aliphatic hydroxyl groups is 1. The van der Waals surface area contributed by atoms with Crippen molar-refractivity contribution in [2.45, 2.75) is 32.8 Å². The average molecular weight is 353 g/mol. The maximum absolute atomic E-state index is 10.5. The van der Waals surface area contributed by atoms with E-state index in [2.05, 4.69) is 48.0 Å². The van der Waals surface area contributed by atoms with E-state index in [0.29, 0.717) is 6.42 Å². The molecule has 1 aliphatic heterocycles. The summed E-state index contributed by atoms with van der Waals surface area (Å²) in [5.41, 5.74) is 3.57. The van der Waals surface area contributed by atoms with E-state index in [0.717, 1.165) is 33.7 Å². The first-order valence-electron chi connectivity index (χ1n) is 6.73. The fraction of sp³-hybridized carbons (Fsp3) is 0.375. The van der Waals surface area contributed by atoms with E-state index in [1.165, 1.54) is 16.0 Å². The maximum atomic E-state index is 10.5. The van der Waals surface area contributed by atoms with E-state index < -0.39 is 6.10 Å². The number of thiophene rings is 1. The van der Waals surface area contributed by atoms with Crippen LogP contribution in [-0.2, 0) is 12.8 Å². The van der Waals surface area contributed by atoms with E-state index >= 15 is 0 Å². The minimum Gasteiger partial charge on any atom is -0.493 e. The Kier molecular flexibility index (Phi) is 3.89. The molecule has 2 nitrogen and oxygen atoms in total. The van der Waals surface area contributed by atoms with Gasteiger partial charge in [-0.15, -0.1) is 11.3 Å². The Labute approximate surface area is 131 Å². The van der Waals surface area contributed by atoms with Gasteiger partial charge in [0.2, 0.25) is 0 Å². The topological polar surface area (TPSA) is 29.5 Å². The minimum atomic E-state index is -0.463. The molecule has 20 heavy (non-hydrogen) atoms. The van der Waals surface area contributed by atoms with Crippen molar-refractivity contribution in [2.24, 2.45) is 0 Å². The normalized spacial score (nSPS) is 15.0. The van der Waals surface area contributed by atoms with Gasteiger partial charge in [0.15, 0.2) is 0 Å². The molecule has 0 spiro atoms. The summed E-state index contributed by atoms with van der Waals surface area (Å²) in [6, 6.07) is 6.25. The highest BCUT2D eigenvalue weighted by atomic mass is 79.9. The van der Waals surface area contributed by atoms with Gasteiger partial charge in [0.1, 0.15) is 5.75 Å². The number of rotatable bonds is 3. The van der Waals surface area contributed by atoms with Crippen molar-refractivity contribution >= 4 is 27.3 Å². The molecular formula is C16H17BrO2S. The van der Waals surface area contributed by atoms with Gasteiger partial charge in [0.25, 0.3) is 0 Å². The van der Waals surface area contributed by atoms with E-state index in [-0.39, 0.29) is 0 Å². The molecule has 0 fully saturated rings. The molecule has 1 aromatic carbocycles. The lowest BCUT2D eigenvalue weighted by molar-refractivity contribution is 0.181. The van der Waals surface area contributed by atoms with Crippen LogP contribution in [0.1, 0.15) is 32.5 Å². The molecule has 1 aliphatic rings. The molecule has 1 aromatic heterocycles. The Balaban J connectivity index is 1.88. The summed E-state index contributed by atoms with van der Waals surface area (Å²) in [4.78, 5) is 2.31. The summed E-state index contributed by atoms with van der Waals surface area (Å²) in [6.07, 6.45) is 1.09. The number of aliphatic hydroxyl groups excluding tert-OH is 1. The van der Waals surface area contributed by atoms with Gasteiger partial charge < -0.3 is 9.84 Å². The Morgan fingerprint density at radius 3 is 2.85 bits per heavy atom. The number of ether oxygens (including phenoxy) is 1. The Bertz CT molecular complexity index is 629. The van der Waals surface area contributed by atoms with E-state index in [1.54, 1.807) is 11.3 Å². The van der Waals surface area contributed by atoms with Crippen molar-refractivity contribution in [1.82, 2.24) is 0 Å². The molecule has 1 unspecified atom stereocenters. The second kappa shape index (κ2) is 5.51. The summed E-state index contributed by atoms with van der Waals surface area (Å²) >= 11 is 5.22. The van der Waals surface area contributed by atoms with Crippen LogP contribution in [-0.4, -0.2) is 11.7 Å². The summed E-state index contributed by atoms with van der Waals surface area (Å²) in [6.45, 7) is 4.92. The van der Waals surface area contributed by atoms with Crippen LogP contribution >= 0.6 is 27.3 Å². The van der Waals surface area contributed by atoms with Crippen molar-refractivity contribution in [3.63, 3.8) is 0 Å². The van der Waals surface area contributed by atoms with Crippen LogP contribution in [0.15, 0.2) is 22.7 Å². The van der Waals surface area contributed by atoms with Crippen molar-refractivity contribution in [1.29, 1.82) is 0 Å². The van der Waals surface area contributed by atoms with Crippen LogP contribution < -0.4 is 4.74 Å². The Morgan fingerprint density at radius 2 is 2.15 bits per heavy atom. The summed E-state index contributed by atoms with van der Waals surface area (Å²) in [7, 11) is 0. The smallest absolute Gasteiger partial charge is 0.125 e. The van der Waals surface area contributed by atoms with Gasteiger partial charge in [-0.3, -0.25) is 0 Å². The predicted octanol–water partition coefficient (Wildman–Crippen LogP) is 4.34. The average Bonchev–Trinajstić information content (AvgIpc) is 2.97. The molecule has 3 rings (SSSR count). The second-order valence-electron chi connectivity index (χ2n) is 5.26. The highest BCUT2D eigenvalue weighted by Crippen LogP contribution is 2.36. The van der Waals surface area contributed by atoms with E-state index in [1.807, 2.05) is 0 Å². The third-order valence-corrected chi connectivity index (χ3v) is 5.46. The third kappa shape index (κ3) is 2.65. The number of hydrogen-bond donors (Lipinski definition) is 1. The molecule has 0 saturated heterocycles. The highest BCUT2D eigenvalue weighted by Gasteiger charge is 2.21. The third-order valence-electron chi connectivity index (χ3n) is 3.75. The molecule has 1 atom stereocenters. The Morgan fingerprint density at radius 1 is 1.35 bits per heavy atom. The van der Waals surface area contributed by atoms with Crippen molar-refractivity contribution in [2.75, 3.05) is 6.61 Å². The molecule has 0 aliphatic carbocycles. The standard InChI is InChI=1S/C16H17BrO2S/c1-9-5-15(20-10(9)2)14(18)8-12-7-13(17)6-11-3-4-19-16(11)12/h5-7,14,18H,3-4,8H2,1-2H3. The molecule has 4 heteroatoms. The Hall–Kier alpha value is -0.840. The number of benzene rings is 1. The van der Waals surface area contributed by atoms with E-state index in [9.17, 15) is 5.11 Å². The number of hydrogen-bond acceptors (Lipinski definition) is 3. The lowest BCUT2D eigenvalue weighted by Gasteiger charge is -2.13. The molecule has 0 radical (unpaired) electrons. The second-order valence-corrected chi connectivity index (χ2v) is 7.46. The van der Waals surface area contributed by atoms with Crippen LogP contribution in [0, 0.1) is 13.8 Å². The maximum Gasteiger partial charge on any atom is 0.125 e. The molecule has 0 amide bonds. The van der Waals surface area contributed by atoms with Gasteiger partial charge in [-0.2, -0.15) is 0 Å². The largest absolute Gasteiger partial charge is 0.493 e. The van der Waals surface area contributed by atoms with Gasteiger partial charge >= 0.3 is 0 Å². The van der Waals surface area contributed by atoms with Crippen LogP contribution in [0.3, 0.4) is 0 Å². The predicted molar refractivity (Wildman–Crippen MR) is 85.8 cm³/mol. The van der Waals surface area contributed by atoms with Gasteiger partial charge in [-0.25, -0.2) is 0 Å². The highest BCUT2D eigenvalue weighted by molar-refractivity contribution is 9.10. The van der Waals surface area contributed by atoms with E-state index in [4.69, 9.17) is 4.74 Å². The first kappa shape index (κ1) is 14.1. The first-order chi connectivity index (χ1) is 9.54. The first-order valence-corrected chi connectivity index (χ1v) is 8.34. The number of halogens is 1. The zero-order chi connectivity index (χ0) is 14.3. The molecule has 0 bridgehead atoms. The van der Waals surface area contributed by atoms with Gasteiger partial charge in [0.05, 0.1) is 12.7 Å². The van der Waals surface area contributed by atoms with Crippen LogP contribution in [0.2, 0.25) is 0 Å². The lowest BCUT2D eigenvalue weighted by Crippen LogP contribution is -2.01. The summed E-state index contributed by atoms with van der Waals surface area (Å²) < 4.78 is 6.78. The van der Waals surface area contributed by atoms with Crippen molar-refractivity contribution < 1.29 is 9.84 Å². The zero-order valence-corrected chi connectivity index (χ0v) is 14.0. The number of aryl methyl sites for hydroxylation is 2. The molecular weight excluding hydrogens is 336 g/mol. The molecule has 0 saturated carbocycles. The lowest BCUT2D eigenvalue weighted by atomic mass is 10.0. The fourth-order valence-electron chi connectivity index (χ4n) is 2.57. The summed E-state index contributed by atoms with van der Waals surface area (Å²) in [5.74, 6) is 0.970.